The van der Waals surface area contributed by atoms with Crippen LogP contribution in [0.3, 0.4) is 0 Å². The summed E-state index contributed by atoms with van der Waals surface area (Å²) in [6.07, 6.45) is -9.38. The van der Waals surface area contributed by atoms with Crippen molar-refractivity contribution in [3.8, 4) is 11.5 Å². The number of hydrogen-bond acceptors (Lipinski definition) is 3. The minimum absolute atomic E-state index is 0.205. The molecule has 0 atom stereocenters. The highest BCUT2D eigenvalue weighted by atomic mass is 19.4. The Morgan fingerprint density at radius 1 is 0.850 bits per heavy atom. The van der Waals surface area contributed by atoms with Gasteiger partial charge in [0.25, 0.3) is 0 Å². The molecule has 0 saturated heterocycles. The smallest absolute Gasteiger partial charge is 0.406 e. The minimum Gasteiger partial charge on any atom is -0.406 e. The summed E-state index contributed by atoms with van der Waals surface area (Å²) in [7, 11) is 0. The molecule has 2 N–H and O–H groups in total. The van der Waals surface area contributed by atoms with Crippen LogP contribution in [0.15, 0.2) is 18.2 Å². The van der Waals surface area contributed by atoms with E-state index in [4.69, 9.17) is 5.73 Å². The fourth-order valence-corrected chi connectivity index (χ4v) is 1.47. The second kappa shape index (κ2) is 6.21. The zero-order valence-electron chi connectivity index (χ0n) is 10.0. The maximum Gasteiger partial charge on any atom is 0.573 e. The first-order chi connectivity index (χ1) is 9.09. The summed E-state index contributed by atoms with van der Waals surface area (Å²) in [5, 5.41) is 0. The van der Waals surface area contributed by atoms with Gasteiger partial charge in [0.05, 0.1) is 0 Å². The van der Waals surface area contributed by atoms with Crippen LogP contribution in [0, 0.1) is 0 Å². The lowest BCUT2D eigenvalue weighted by Gasteiger charge is -2.14. The van der Waals surface area contributed by atoms with Crippen LogP contribution in [-0.4, -0.2) is 19.3 Å². The van der Waals surface area contributed by atoms with Gasteiger partial charge in [-0.05, 0) is 37.1 Å². The monoisotopic (exact) mass is 303 g/mol. The van der Waals surface area contributed by atoms with Crippen molar-refractivity contribution in [2.75, 3.05) is 6.54 Å². The Morgan fingerprint density at radius 2 is 1.30 bits per heavy atom. The first-order valence-electron chi connectivity index (χ1n) is 5.44. The highest BCUT2D eigenvalue weighted by molar-refractivity contribution is 5.38. The standard InChI is InChI=1S/C11H11F6NO2/c12-10(13,14)19-8-4-7(2-1-3-18)5-9(6-8)20-11(15,16)17/h4-6H,1-3,18H2. The second-order valence-corrected chi connectivity index (χ2v) is 3.80. The molecule has 0 radical (unpaired) electrons. The molecule has 1 rings (SSSR count). The van der Waals surface area contributed by atoms with E-state index in [2.05, 4.69) is 9.47 Å². The zero-order chi connectivity index (χ0) is 15.4. The van der Waals surface area contributed by atoms with Crippen molar-refractivity contribution in [2.45, 2.75) is 25.6 Å². The lowest BCUT2D eigenvalue weighted by atomic mass is 10.1. The van der Waals surface area contributed by atoms with E-state index < -0.39 is 24.2 Å². The predicted octanol–water partition coefficient (Wildman–Crippen LogP) is 3.38. The molecule has 114 valence electrons. The van der Waals surface area contributed by atoms with Gasteiger partial charge in [0.15, 0.2) is 0 Å². The number of aryl methyl sites for hydroxylation is 1. The van der Waals surface area contributed by atoms with E-state index in [1.54, 1.807) is 0 Å². The Kier molecular flexibility index (Phi) is 5.09. The molecule has 0 fully saturated rings. The zero-order valence-corrected chi connectivity index (χ0v) is 10.0. The summed E-state index contributed by atoms with van der Waals surface area (Å²) in [5.41, 5.74) is 5.44. The van der Waals surface area contributed by atoms with Gasteiger partial charge in [0, 0.05) is 6.07 Å². The van der Waals surface area contributed by atoms with Gasteiger partial charge in [-0.25, -0.2) is 0 Å². The molecule has 0 aliphatic rings. The van der Waals surface area contributed by atoms with Crippen molar-refractivity contribution in [1.29, 1.82) is 0 Å². The van der Waals surface area contributed by atoms with Gasteiger partial charge in [-0.15, -0.1) is 26.3 Å². The number of halogens is 6. The van der Waals surface area contributed by atoms with Gasteiger partial charge >= 0.3 is 12.7 Å². The maximum absolute atomic E-state index is 12.1. The number of alkyl halides is 6. The fourth-order valence-electron chi connectivity index (χ4n) is 1.47. The Hall–Kier alpha value is -1.64. The molecule has 0 spiro atoms. The van der Waals surface area contributed by atoms with Gasteiger partial charge in [-0.2, -0.15) is 0 Å². The number of rotatable bonds is 5. The van der Waals surface area contributed by atoms with E-state index in [0.29, 0.717) is 12.5 Å². The van der Waals surface area contributed by atoms with Gasteiger partial charge in [-0.1, -0.05) is 0 Å². The van der Waals surface area contributed by atoms with E-state index >= 15 is 0 Å². The van der Waals surface area contributed by atoms with Crippen molar-refractivity contribution in [2.24, 2.45) is 5.73 Å². The maximum atomic E-state index is 12.1. The highest BCUT2D eigenvalue weighted by Crippen LogP contribution is 2.31. The number of hydrogen-bond donors (Lipinski definition) is 1. The topological polar surface area (TPSA) is 44.5 Å². The third kappa shape index (κ3) is 6.50. The second-order valence-electron chi connectivity index (χ2n) is 3.80. The van der Waals surface area contributed by atoms with Crippen LogP contribution < -0.4 is 15.2 Å². The molecular formula is C11H11F6NO2. The Bertz CT molecular complexity index is 409. The fraction of sp³-hybridized carbons (Fsp3) is 0.455. The van der Waals surface area contributed by atoms with Crippen LogP contribution in [0.1, 0.15) is 12.0 Å². The summed E-state index contributed by atoms with van der Waals surface area (Å²) < 4.78 is 79.7. The molecule has 1 aromatic carbocycles. The largest absolute Gasteiger partial charge is 0.573 e. The summed E-state index contributed by atoms with van der Waals surface area (Å²) >= 11 is 0. The van der Waals surface area contributed by atoms with Crippen molar-refractivity contribution >= 4 is 0 Å². The lowest BCUT2D eigenvalue weighted by molar-refractivity contribution is -0.276. The summed E-state index contributed by atoms with van der Waals surface area (Å²) in [4.78, 5) is 0. The number of benzene rings is 1. The average molecular weight is 303 g/mol. The van der Waals surface area contributed by atoms with Crippen LogP contribution in [0.2, 0.25) is 0 Å². The predicted molar refractivity (Wildman–Crippen MR) is 57.2 cm³/mol. The van der Waals surface area contributed by atoms with Gasteiger partial charge in [0.1, 0.15) is 11.5 Å². The van der Waals surface area contributed by atoms with Crippen LogP contribution in [-0.2, 0) is 6.42 Å². The van der Waals surface area contributed by atoms with Crippen molar-refractivity contribution in [3.05, 3.63) is 23.8 Å². The third-order valence-corrected chi connectivity index (χ3v) is 2.08. The molecule has 0 aromatic heterocycles. The molecule has 20 heavy (non-hydrogen) atoms. The molecule has 0 amide bonds. The molecule has 0 aliphatic heterocycles. The molecule has 0 unspecified atom stereocenters. The molecule has 0 saturated carbocycles. The number of nitrogens with two attached hydrogens (primary N) is 1. The quantitative estimate of drug-likeness (QED) is 0.848. The van der Waals surface area contributed by atoms with Crippen LogP contribution >= 0.6 is 0 Å². The molecule has 0 bridgehead atoms. The molecule has 0 heterocycles. The van der Waals surface area contributed by atoms with E-state index in [1.807, 2.05) is 0 Å². The Morgan fingerprint density at radius 3 is 1.65 bits per heavy atom. The van der Waals surface area contributed by atoms with Crippen molar-refractivity contribution in [3.63, 3.8) is 0 Å². The van der Waals surface area contributed by atoms with Gasteiger partial charge < -0.3 is 15.2 Å². The highest BCUT2D eigenvalue weighted by Gasteiger charge is 2.33. The van der Waals surface area contributed by atoms with Crippen molar-refractivity contribution in [1.82, 2.24) is 0 Å². The Balaban J connectivity index is 3.01. The van der Waals surface area contributed by atoms with Gasteiger partial charge in [0.2, 0.25) is 0 Å². The minimum atomic E-state index is -5.00. The van der Waals surface area contributed by atoms with Crippen LogP contribution in [0.5, 0.6) is 11.5 Å². The van der Waals surface area contributed by atoms with E-state index in [0.717, 1.165) is 12.1 Å². The summed E-state index contributed by atoms with van der Waals surface area (Å²) in [5.74, 6) is -1.54. The molecule has 3 nitrogen and oxygen atoms in total. The van der Waals surface area contributed by atoms with Crippen LogP contribution in [0.25, 0.3) is 0 Å². The molecule has 9 heteroatoms. The SMILES string of the molecule is NCCCc1cc(OC(F)(F)F)cc(OC(F)(F)F)c1. The molecule has 0 aliphatic carbocycles. The average Bonchev–Trinajstić information content (AvgIpc) is 2.21. The van der Waals surface area contributed by atoms with E-state index in [1.165, 1.54) is 0 Å². The van der Waals surface area contributed by atoms with Crippen LogP contribution in [0.4, 0.5) is 26.3 Å². The first-order valence-corrected chi connectivity index (χ1v) is 5.44. The lowest BCUT2D eigenvalue weighted by Crippen LogP contribution is -2.19. The first kappa shape index (κ1) is 16.4. The molecular weight excluding hydrogens is 292 g/mol. The van der Waals surface area contributed by atoms with E-state index in [9.17, 15) is 26.3 Å². The molecule has 1 aromatic rings. The normalized spacial score (nSPS) is 12.3. The summed E-state index contributed by atoms with van der Waals surface area (Å²) in [6, 6.07) is 2.51. The van der Waals surface area contributed by atoms with Crippen molar-refractivity contribution < 1.29 is 35.8 Å². The Labute approximate surface area is 110 Å². The number of ether oxygens (including phenoxy) is 2. The van der Waals surface area contributed by atoms with E-state index in [-0.39, 0.29) is 18.5 Å². The summed E-state index contributed by atoms with van der Waals surface area (Å²) in [6.45, 7) is 0.250. The third-order valence-electron chi connectivity index (χ3n) is 2.08. The van der Waals surface area contributed by atoms with Gasteiger partial charge in [-0.3, -0.25) is 0 Å².